The minimum atomic E-state index is -0.532. The van der Waals surface area contributed by atoms with E-state index in [1.165, 1.54) is 25.3 Å². The largest absolute Gasteiger partial charge is 0.493 e. The number of nitro groups is 1. The van der Waals surface area contributed by atoms with E-state index < -0.39 is 16.1 Å². The van der Waals surface area contributed by atoms with E-state index in [1.54, 1.807) is 24.4 Å². The molecule has 0 aliphatic carbocycles. The van der Waals surface area contributed by atoms with Crippen molar-refractivity contribution in [3.63, 3.8) is 0 Å². The average Bonchev–Trinajstić information content (AvgIpc) is 3.11. The number of amides is 2. The van der Waals surface area contributed by atoms with Gasteiger partial charge in [0.25, 0.3) is 16.8 Å². The summed E-state index contributed by atoms with van der Waals surface area (Å²) in [5.41, 5.74) is 1.55. The van der Waals surface area contributed by atoms with E-state index >= 15 is 0 Å². The molecule has 1 aromatic heterocycles. The molecule has 4 rings (SSSR count). The van der Waals surface area contributed by atoms with Gasteiger partial charge < -0.3 is 9.47 Å². The molecule has 0 bridgehead atoms. The molecule has 0 N–H and O–H groups in total. The summed E-state index contributed by atoms with van der Waals surface area (Å²) < 4.78 is 12.2. The van der Waals surface area contributed by atoms with Crippen LogP contribution in [0.1, 0.15) is 16.8 Å². The van der Waals surface area contributed by atoms with Crippen LogP contribution in [0.5, 0.6) is 11.5 Å². The summed E-state index contributed by atoms with van der Waals surface area (Å²) in [5.74, 6) is 0.501. The maximum atomic E-state index is 13.0. The van der Waals surface area contributed by atoms with E-state index in [4.69, 9.17) is 9.47 Å². The lowest BCUT2D eigenvalue weighted by Gasteiger charge is -2.14. The highest BCUT2D eigenvalue weighted by Crippen LogP contribution is 2.38. The second kappa shape index (κ2) is 10.9. The van der Waals surface area contributed by atoms with Gasteiger partial charge in [-0.15, -0.1) is 0 Å². The Morgan fingerprint density at radius 2 is 1.94 bits per heavy atom. The van der Waals surface area contributed by atoms with E-state index in [0.29, 0.717) is 17.1 Å². The second-order valence-electron chi connectivity index (χ2n) is 7.30. The van der Waals surface area contributed by atoms with Crippen LogP contribution in [0.2, 0.25) is 0 Å². The lowest BCUT2D eigenvalue weighted by atomic mass is 10.1. The summed E-state index contributed by atoms with van der Waals surface area (Å²) in [6.45, 7) is 0.0807. The van der Waals surface area contributed by atoms with Crippen molar-refractivity contribution >= 4 is 57.3 Å². The number of aromatic nitrogens is 1. The van der Waals surface area contributed by atoms with Gasteiger partial charge in [0.2, 0.25) is 0 Å². The molecule has 0 atom stereocenters. The standard InChI is InChI=1S/C24H18IN3O6S/c1-33-20-11-15(10-18(25)22(20)34-14-17-7-4-5-9-26-17)12-21-23(29)27(24(30)35-21)13-16-6-2-3-8-19(16)28(31)32/h2-12H,13-14H2,1H3/b21-12-. The number of hydrogen-bond donors (Lipinski definition) is 0. The Balaban J connectivity index is 1.55. The number of nitrogens with zero attached hydrogens (tertiary/aromatic N) is 3. The van der Waals surface area contributed by atoms with Crippen molar-refractivity contribution in [3.8, 4) is 11.5 Å². The zero-order valence-corrected chi connectivity index (χ0v) is 21.3. The van der Waals surface area contributed by atoms with Gasteiger partial charge in [0, 0.05) is 17.8 Å². The predicted octanol–water partition coefficient (Wildman–Crippen LogP) is 5.42. The smallest absolute Gasteiger partial charge is 0.293 e. The summed E-state index contributed by atoms with van der Waals surface area (Å²) in [6, 6.07) is 15.1. The lowest BCUT2D eigenvalue weighted by Crippen LogP contribution is -2.27. The first kappa shape index (κ1) is 24.7. The summed E-state index contributed by atoms with van der Waals surface area (Å²) in [4.78, 5) is 41.7. The summed E-state index contributed by atoms with van der Waals surface area (Å²) >= 11 is 2.90. The molecule has 178 valence electrons. The Labute approximate surface area is 218 Å². The van der Waals surface area contributed by atoms with Crippen LogP contribution in [-0.2, 0) is 17.9 Å². The number of ether oxygens (including phenoxy) is 2. The minimum absolute atomic E-state index is 0.142. The van der Waals surface area contributed by atoms with Crippen molar-refractivity contribution in [1.82, 2.24) is 9.88 Å². The van der Waals surface area contributed by atoms with Crippen molar-refractivity contribution in [1.29, 1.82) is 0 Å². The van der Waals surface area contributed by atoms with E-state index in [2.05, 4.69) is 27.6 Å². The number of halogens is 1. The summed E-state index contributed by atoms with van der Waals surface area (Å²) in [6.07, 6.45) is 3.28. The molecule has 1 saturated heterocycles. The van der Waals surface area contributed by atoms with Gasteiger partial charge in [0.05, 0.1) is 32.7 Å². The lowest BCUT2D eigenvalue weighted by molar-refractivity contribution is -0.385. The third kappa shape index (κ3) is 5.62. The molecule has 0 unspecified atom stereocenters. The van der Waals surface area contributed by atoms with Crippen molar-refractivity contribution in [2.45, 2.75) is 13.2 Å². The number of thioether (sulfide) groups is 1. The highest BCUT2D eigenvalue weighted by Gasteiger charge is 2.36. The van der Waals surface area contributed by atoms with Gasteiger partial charge in [-0.25, -0.2) is 0 Å². The Hall–Kier alpha value is -3.45. The summed E-state index contributed by atoms with van der Waals surface area (Å²) in [5, 5.41) is 10.8. The van der Waals surface area contributed by atoms with Gasteiger partial charge in [-0.2, -0.15) is 0 Å². The number of hydrogen-bond acceptors (Lipinski definition) is 8. The minimum Gasteiger partial charge on any atom is -0.493 e. The quantitative estimate of drug-likeness (QED) is 0.145. The maximum absolute atomic E-state index is 13.0. The fraction of sp³-hybridized carbons (Fsp3) is 0.125. The third-order valence-electron chi connectivity index (χ3n) is 5.03. The molecule has 2 amide bonds. The van der Waals surface area contributed by atoms with Crippen LogP contribution in [0, 0.1) is 13.7 Å². The number of carbonyl (C=O) groups excluding carboxylic acids is 2. The molecule has 11 heteroatoms. The van der Waals surface area contributed by atoms with Gasteiger partial charge in [-0.1, -0.05) is 24.3 Å². The molecular formula is C24H18IN3O6S. The number of pyridine rings is 1. The van der Waals surface area contributed by atoms with Crippen LogP contribution in [0.3, 0.4) is 0 Å². The first-order valence-corrected chi connectivity index (χ1v) is 12.1. The molecule has 2 heterocycles. The van der Waals surface area contributed by atoms with Gasteiger partial charge in [0.1, 0.15) is 6.61 Å². The molecule has 2 aromatic carbocycles. The SMILES string of the molecule is COc1cc(/C=C2\SC(=O)N(Cc3ccccc3[N+](=O)[O-])C2=O)cc(I)c1OCc1ccccn1. The first-order valence-electron chi connectivity index (χ1n) is 10.2. The van der Waals surface area contributed by atoms with Crippen LogP contribution < -0.4 is 9.47 Å². The Morgan fingerprint density at radius 3 is 2.66 bits per heavy atom. The van der Waals surface area contributed by atoms with Gasteiger partial charge in [-0.3, -0.25) is 29.6 Å². The highest BCUT2D eigenvalue weighted by molar-refractivity contribution is 14.1. The van der Waals surface area contributed by atoms with Crippen molar-refractivity contribution < 1.29 is 24.0 Å². The predicted molar refractivity (Wildman–Crippen MR) is 139 cm³/mol. The van der Waals surface area contributed by atoms with E-state index in [-0.39, 0.29) is 29.3 Å². The van der Waals surface area contributed by atoms with Crippen LogP contribution in [-0.4, -0.2) is 33.1 Å². The fourth-order valence-corrected chi connectivity index (χ4v) is 4.99. The summed E-state index contributed by atoms with van der Waals surface area (Å²) in [7, 11) is 1.52. The zero-order valence-electron chi connectivity index (χ0n) is 18.3. The molecular weight excluding hydrogens is 585 g/mol. The van der Waals surface area contributed by atoms with Gasteiger partial charge in [-0.05, 0) is 70.3 Å². The number of para-hydroxylation sites is 1. The average molecular weight is 603 g/mol. The van der Waals surface area contributed by atoms with E-state index in [1.807, 2.05) is 24.3 Å². The molecule has 1 aliphatic heterocycles. The van der Waals surface area contributed by atoms with Crippen LogP contribution in [0.25, 0.3) is 6.08 Å². The molecule has 1 aliphatic rings. The van der Waals surface area contributed by atoms with Gasteiger partial charge in [0.15, 0.2) is 11.5 Å². The monoisotopic (exact) mass is 603 g/mol. The zero-order chi connectivity index (χ0) is 24.9. The molecule has 0 radical (unpaired) electrons. The second-order valence-corrected chi connectivity index (χ2v) is 9.45. The number of nitro benzene ring substituents is 1. The molecule has 35 heavy (non-hydrogen) atoms. The maximum Gasteiger partial charge on any atom is 0.293 e. The normalized spacial score (nSPS) is 14.5. The van der Waals surface area contributed by atoms with Crippen molar-refractivity contribution in [3.05, 3.63) is 96.2 Å². The highest BCUT2D eigenvalue weighted by atomic mass is 127. The Kier molecular flexibility index (Phi) is 7.66. The molecule has 0 spiro atoms. The molecule has 1 fully saturated rings. The number of methoxy groups -OCH3 is 1. The number of benzene rings is 2. The number of rotatable bonds is 8. The van der Waals surface area contributed by atoms with Crippen molar-refractivity contribution in [2.24, 2.45) is 0 Å². The fourth-order valence-electron chi connectivity index (χ4n) is 3.37. The molecule has 3 aromatic rings. The Morgan fingerprint density at radius 1 is 1.17 bits per heavy atom. The van der Waals surface area contributed by atoms with E-state index in [0.717, 1.165) is 25.9 Å². The van der Waals surface area contributed by atoms with Crippen LogP contribution in [0.4, 0.5) is 10.5 Å². The van der Waals surface area contributed by atoms with Crippen molar-refractivity contribution in [2.75, 3.05) is 7.11 Å². The Bertz CT molecular complexity index is 1330. The van der Waals surface area contributed by atoms with Crippen LogP contribution in [0.15, 0.2) is 65.7 Å². The first-order chi connectivity index (χ1) is 16.9. The topological polar surface area (TPSA) is 112 Å². The number of imide groups is 1. The van der Waals surface area contributed by atoms with E-state index in [9.17, 15) is 19.7 Å². The third-order valence-corrected chi connectivity index (χ3v) is 6.74. The number of carbonyl (C=O) groups is 2. The molecule has 0 saturated carbocycles. The van der Waals surface area contributed by atoms with Gasteiger partial charge >= 0.3 is 0 Å². The van der Waals surface area contributed by atoms with Crippen LogP contribution >= 0.6 is 34.4 Å². The molecule has 9 nitrogen and oxygen atoms in total.